The number of fused-ring (bicyclic) bond motifs is 1. The number of nitrogens with zero attached hydrogens (tertiary/aromatic N) is 2. The third-order valence-electron chi connectivity index (χ3n) is 4.72. The number of aromatic nitrogens is 1. The molecule has 0 fully saturated rings. The quantitative estimate of drug-likeness (QED) is 0.646. The van der Waals surface area contributed by atoms with E-state index in [1.54, 1.807) is 23.2 Å². The molecule has 0 unspecified atom stereocenters. The second kappa shape index (κ2) is 7.52. The molecule has 1 aromatic heterocycles. The van der Waals surface area contributed by atoms with E-state index < -0.39 is 6.17 Å². The Bertz CT molecular complexity index is 1020. The molecule has 3 aromatic rings. The van der Waals surface area contributed by atoms with Gasteiger partial charge in [-0.15, -0.1) is 0 Å². The lowest BCUT2D eigenvalue weighted by molar-refractivity contribution is 0.0993. The van der Waals surface area contributed by atoms with E-state index in [-0.39, 0.29) is 5.91 Å². The molecule has 0 saturated heterocycles. The van der Waals surface area contributed by atoms with Crippen molar-refractivity contribution in [2.75, 3.05) is 16.8 Å². The monoisotopic (exact) mass is 393 g/mol. The number of halogens is 1. The van der Waals surface area contributed by atoms with Gasteiger partial charge in [0, 0.05) is 22.6 Å². The SMILES string of the molecule is CCOc1ccc(N2C(=O)c3cccnc3[C@H]2Nc2cc(Cl)ccc2C)cc1. The standard InChI is InChI=1S/C22H20ClN3O2/c1-3-28-17-10-8-16(9-11-17)26-21(20-18(22(26)27)5-4-12-24-20)25-19-13-15(23)7-6-14(19)2/h4-13,21,25H,3H2,1-2H3/t21-/m0/s1. The average Bonchev–Trinajstić information content (AvgIpc) is 2.98. The van der Waals surface area contributed by atoms with Crippen LogP contribution in [0.5, 0.6) is 5.75 Å². The van der Waals surface area contributed by atoms with Crippen LogP contribution >= 0.6 is 11.6 Å². The second-order valence-corrected chi connectivity index (χ2v) is 6.98. The van der Waals surface area contributed by atoms with Gasteiger partial charge in [-0.3, -0.25) is 14.7 Å². The van der Waals surface area contributed by atoms with E-state index in [4.69, 9.17) is 16.3 Å². The van der Waals surface area contributed by atoms with Crippen molar-refractivity contribution in [2.24, 2.45) is 0 Å². The van der Waals surface area contributed by atoms with Crippen molar-refractivity contribution in [2.45, 2.75) is 20.0 Å². The van der Waals surface area contributed by atoms with Gasteiger partial charge in [0.2, 0.25) is 0 Å². The lowest BCUT2D eigenvalue weighted by Crippen LogP contribution is -2.32. The van der Waals surface area contributed by atoms with Gasteiger partial charge in [-0.2, -0.15) is 0 Å². The van der Waals surface area contributed by atoms with Gasteiger partial charge in [-0.1, -0.05) is 17.7 Å². The molecule has 2 heterocycles. The highest BCUT2D eigenvalue weighted by molar-refractivity contribution is 6.30. The first-order valence-corrected chi connectivity index (χ1v) is 9.50. The fourth-order valence-electron chi connectivity index (χ4n) is 3.35. The molecule has 2 aromatic carbocycles. The van der Waals surface area contributed by atoms with Gasteiger partial charge >= 0.3 is 0 Å². The predicted molar refractivity (Wildman–Crippen MR) is 111 cm³/mol. The van der Waals surface area contributed by atoms with E-state index in [0.29, 0.717) is 22.9 Å². The van der Waals surface area contributed by atoms with Crippen molar-refractivity contribution >= 4 is 28.9 Å². The van der Waals surface area contributed by atoms with Crippen LogP contribution in [0, 0.1) is 6.92 Å². The van der Waals surface area contributed by atoms with Crippen LogP contribution in [0.25, 0.3) is 0 Å². The molecular formula is C22H20ClN3O2. The smallest absolute Gasteiger partial charge is 0.262 e. The number of carbonyl (C=O) groups is 1. The number of anilines is 2. The summed E-state index contributed by atoms with van der Waals surface area (Å²) in [5, 5.41) is 4.08. The molecule has 0 saturated carbocycles. The molecule has 1 atom stereocenters. The zero-order valence-electron chi connectivity index (χ0n) is 15.6. The van der Waals surface area contributed by atoms with E-state index in [0.717, 1.165) is 22.7 Å². The molecule has 1 amide bonds. The van der Waals surface area contributed by atoms with Crippen molar-refractivity contribution in [1.82, 2.24) is 4.98 Å². The molecular weight excluding hydrogens is 374 g/mol. The number of carbonyl (C=O) groups excluding carboxylic acids is 1. The van der Waals surface area contributed by atoms with Crippen molar-refractivity contribution in [3.63, 3.8) is 0 Å². The first-order valence-electron chi connectivity index (χ1n) is 9.12. The Balaban J connectivity index is 1.75. The summed E-state index contributed by atoms with van der Waals surface area (Å²) in [5.41, 5.74) is 3.95. The van der Waals surface area contributed by atoms with Crippen LogP contribution in [-0.4, -0.2) is 17.5 Å². The maximum absolute atomic E-state index is 13.1. The lowest BCUT2D eigenvalue weighted by Gasteiger charge is -2.27. The minimum absolute atomic E-state index is 0.0931. The molecule has 1 aliphatic heterocycles. The van der Waals surface area contributed by atoms with Gasteiger partial charge in [-0.05, 0) is 67.9 Å². The first kappa shape index (κ1) is 18.3. The summed E-state index contributed by atoms with van der Waals surface area (Å²) in [7, 11) is 0. The fraction of sp³-hybridized carbons (Fsp3) is 0.182. The van der Waals surface area contributed by atoms with Crippen LogP contribution in [0.3, 0.4) is 0 Å². The zero-order valence-corrected chi connectivity index (χ0v) is 16.4. The van der Waals surface area contributed by atoms with Crippen molar-refractivity contribution in [1.29, 1.82) is 0 Å². The summed E-state index contributed by atoms with van der Waals surface area (Å²) < 4.78 is 5.52. The van der Waals surface area contributed by atoms with Gasteiger partial charge in [0.05, 0.1) is 17.9 Å². The van der Waals surface area contributed by atoms with Crippen LogP contribution in [0.4, 0.5) is 11.4 Å². The number of rotatable bonds is 5. The summed E-state index contributed by atoms with van der Waals surface area (Å²) in [6.45, 7) is 4.53. The Hall–Kier alpha value is -3.05. The fourth-order valence-corrected chi connectivity index (χ4v) is 3.52. The molecule has 1 aliphatic rings. The summed E-state index contributed by atoms with van der Waals surface area (Å²) in [6.07, 6.45) is 1.27. The van der Waals surface area contributed by atoms with Gasteiger partial charge in [0.25, 0.3) is 5.91 Å². The van der Waals surface area contributed by atoms with Gasteiger partial charge in [-0.25, -0.2) is 0 Å². The third kappa shape index (κ3) is 3.29. The summed E-state index contributed by atoms with van der Waals surface area (Å²) >= 11 is 6.18. The first-order chi connectivity index (χ1) is 13.6. The summed E-state index contributed by atoms with van der Waals surface area (Å²) in [4.78, 5) is 19.3. The maximum atomic E-state index is 13.1. The lowest BCUT2D eigenvalue weighted by atomic mass is 10.1. The minimum Gasteiger partial charge on any atom is -0.494 e. The number of benzene rings is 2. The Morgan fingerprint density at radius 1 is 1.18 bits per heavy atom. The van der Waals surface area contributed by atoms with E-state index in [1.807, 2.05) is 56.3 Å². The highest BCUT2D eigenvalue weighted by atomic mass is 35.5. The van der Waals surface area contributed by atoms with Gasteiger partial charge in [0.15, 0.2) is 6.17 Å². The molecule has 4 rings (SSSR count). The zero-order chi connectivity index (χ0) is 19.7. The Kier molecular flexibility index (Phi) is 4.92. The number of ether oxygens (including phenoxy) is 1. The Labute approximate surface area is 168 Å². The van der Waals surface area contributed by atoms with Gasteiger partial charge < -0.3 is 10.1 Å². The van der Waals surface area contributed by atoms with E-state index in [2.05, 4.69) is 10.3 Å². The highest BCUT2D eigenvalue weighted by Crippen LogP contribution is 2.38. The number of nitrogens with one attached hydrogen (secondary N) is 1. The number of amides is 1. The molecule has 0 radical (unpaired) electrons. The molecule has 5 nitrogen and oxygen atoms in total. The van der Waals surface area contributed by atoms with Gasteiger partial charge in [0.1, 0.15) is 5.75 Å². The number of pyridine rings is 1. The van der Waals surface area contributed by atoms with E-state index >= 15 is 0 Å². The van der Waals surface area contributed by atoms with Crippen molar-refractivity contribution < 1.29 is 9.53 Å². The largest absolute Gasteiger partial charge is 0.494 e. The van der Waals surface area contributed by atoms with E-state index in [9.17, 15) is 4.79 Å². The summed E-state index contributed by atoms with van der Waals surface area (Å²) in [5.74, 6) is 0.674. The molecule has 6 heteroatoms. The Morgan fingerprint density at radius 2 is 1.96 bits per heavy atom. The van der Waals surface area contributed by atoms with Crippen LogP contribution in [-0.2, 0) is 0 Å². The molecule has 0 bridgehead atoms. The highest BCUT2D eigenvalue weighted by Gasteiger charge is 2.39. The van der Waals surface area contributed by atoms with Crippen molar-refractivity contribution in [3.8, 4) is 5.75 Å². The van der Waals surface area contributed by atoms with Crippen molar-refractivity contribution in [3.05, 3.63) is 82.6 Å². The van der Waals surface area contributed by atoms with E-state index in [1.165, 1.54) is 0 Å². The molecule has 142 valence electrons. The molecule has 28 heavy (non-hydrogen) atoms. The second-order valence-electron chi connectivity index (χ2n) is 6.54. The Morgan fingerprint density at radius 3 is 2.71 bits per heavy atom. The molecule has 0 aliphatic carbocycles. The molecule has 1 N–H and O–H groups in total. The minimum atomic E-state index is -0.432. The van der Waals surface area contributed by atoms with Crippen LogP contribution < -0.4 is 15.0 Å². The van der Waals surface area contributed by atoms with Crippen LogP contribution in [0.2, 0.25) is 5.02 Å². The average molecular weight is 394 g/mol. The number of hydrogen-bond acceptors (Lipinski definition) is 4. The van der Waals surface area contributed by atoms with Crippen LogP contribution in [0.15, 0.2) is 60.8 Å². The number of hydrogen-bond donors (Lipinski definition) is 1. The van der Waals surface area contributed by atoms with Crippen LogP contribution in [0.1, 0.15) is 34.7 Å². The summed E-state index contributed by atoms with van der Waals surface area (Å²) in [6, 6.07) is 16.7. The number of aryl methyl sites for hydroxylation is 1. The normalized spacial score (nSPS) is 15.5. The topological polar surface area (TPSA) is 54.5 Å². The predicted octanol–water partition coefficient (Wildman–Crippen LogP) is 5.21. The maximum Gasteiger partial charge on any atom is 0.262 e. The third-order valence-corrected chi connectivity index (χ3v) is 4.96. The molecule has 0 spiro atoms.